The highest BCUT2D eigenvalue weighted by Gasteiger charge is 2.24. The molecule has 2 amide bonds. The van der Waals surface area contributed by atoms with E-state index >= 15 is 0 Å². The lowest BCUT2D eigenvalue weighted by molar-refractivity contribution is 0.214. The van der Waals surface area contributed by atoms with Gasteiger partial charge in [0.05, 0.1) is 11.4 Å². The van der Waals surface area contributed by atoms with Gasteiger partial charge in [-0.2, -0.15) is 4.52 Å². The number of carbonyl (C=O) groups excluding carboxylic acids is 1. The molecule has 1 N–H and O–H groups in total. The average molecular weight is 537 g/mol. The van der Waals surface area contributed by atoms with Gasteiger partial charge in [-0.3, -0.25) is 0 Å². The van der Waals surface area contributed by atoms with Crippen molar-refractivity contribution in [2.45, 2.75) is 26.2 Å². The zero-order chi connectivity index (χ0) is 26.8. The van der Waals surface area contributed by atoms with Crippen LogP contribution in [0.5, 0.6) is 0 Å². The summed E-state index contributed by atoms with van der Waals surface area (Å²) in [5.74, 6) is 2.00. The van der Waals surface area contributed by atoms with E-state index in [1.165, 1.54) is 23.5 Å². The third-order valence-corrected chi connectivity index (χ3v) is 7.88. The summed E-state index contributed by atoms with van der Waals surface area (Å²) in [5, 5.41) is 10.8. The highest BCUT2D eigenvalue weighted by molar-refractivity contribution is 7.14. The molecule has 0 radical (unpaired) electrons. The molecular weight excluding hydrogens is 503 g/mol. The number of nitrogens with zero attached hydrogens (tertiary/aromatic N) is 7. The molecule has 11 heteroatoms. The SMILES string of the molecule is CCc1nc2ccc(N3CCC(CNC(=O)N(C)C)CC3)nn2c1N(C)c1nc(-c2ccc(F)cc2)cs1. The predicted octanol–water partition coefficient (Wildman–Crippen LogP) is 4.81. The van der Waals surface area contributed by atoms with Crippen LogP contribution in [0.1, 0.15) is 25.5 Å². The summed E-state index contributed by atoms with van der Waals surface area (Å²) in [6.45, 7) is 4.55. The van der Waals surface area contributed by atoms with E-state index in [0.29, 0.717) is 12.5 Å². The van der Waals surface area contributed by atoms with Gasteiger partial charge in [-0.05, 0) is 61.6 Å². The van der Waals surface area contributed by atoms with Crippen LogP contribution in [0.3, 0.4) is 0 Å². The Bertz CT molecular complexity index is 1410. The minimum atomic E-state index is -0.262. The van der Waals surface area contributed by atoms with Gasteiger partial charge in [0.1, 0.15) is 11.6 Å². The van der Waals surface area contributed by atoms with Crippen molar-refractivity contribution in [2.24, 2.45) is 5.92 Å². The molecule has 3 aromatic heterocycles. The molecule has 200 valence electrons. The third kappa shape index (κ3) is 5.28. The number of piperidine rings is 1. The number of benzene rings is 1. The molecule has 0 unspecified atom stereocenters. The van der Waals surface area contributed by atoms with Crippen LogP contribution in [0.4, 0.5) is 26.0 Å². The average Bonchev–Trinajstić information content (AvgIpc) is 3.57. The monoisotopic (exact) mass is 536 g/mol. The third-order valence-electron chi connectivity index (χ3n) is 6.97. The van der Waals surface area contributed by atoms with E-state index in [-0.39, 0.29) is 11.8 Å². The van der Waals surface area contributed by atoms with E-state index < -0.39 is 0 Å². The van der Waals surface area contributed by atoms with E-state index in [9.17, 15) is 9.18 Å². The topological polar surface area (TPSA) is 81.9 Å². The van der Waals surface area contributed by atoms with E-state index in [1.54, 1.807) is 31.1 Å². The Morgan fingerprint density at radius 1 is 1.11 bits per heavy atom. The van der Waals surface area contributed by atoms with E-state index in [4.69, 9.17) is 15.1 Å². The van der Waals surface area contributed by atoms with Crippen molar-refractivity contribution in [3.63, 3.8) is 0 Å². The van der Waals surface area contributed by atoms with Crippen LogP contribution in [0, 0.1) is 11.7 Å². The number of aromatic nitrogens is 4. The summed E-state index contributed by atoms with van der Waals surface area (Å²) in [6, 6.07) is 10.4. The van der Waals surface area contributed by atoms with Gasteiger partial charge in [0.15, 0.2) is 16.6 Å². The number of fused-ring (bicyclic) bond motifs is 1. The van der Waals surface area contributed by atoms with Crippen LogP contribution in [0.2, 0.25) is 0 Å². The Morgan fingerprint density at radius 3 is 2.53 bits per heavy atom. The molecule has 1 saturated heterocycles. The van der Waals surface area contributed by atoms with Crippen LogP contribution in [0.15, 0.2) is 41.8 Å². The van der Waals surface area contributed by atoms with Crippen LogP contribution >= 0.6 is 11.3 Å². The molecule has 0 atom stereocenters. The van der Waals surface area contributed by atoms with Gasteiger partial charge in [0, 0.05) is 51.7 Å². The molecule has 4 aromatic rings. The van der Waals surface area contributed by atoms with Crippen LogP contribution < -0.4 is 15.1 Å². The van der Waals surface area contributed by atoms with Gasteiger partial charge in [0.2, 0.25) is 0 Å². The standard InChI is InChI=1S/C27H33FN8OS/c1-5-21-25(34(4)27-31-22(17-38-27)19-6-8-20(28)9-7-19)36-23(30-21)10-11-24(32-36)35-14-12-18(13-15-35)16-29-26(37)33(2)3/h6-11,17-18H,5,12-16H2,1-4H3,(H,29,37). The van der Waals surface area contributed by atoms with Gasteiger partial charge in [-0.1, -0.05) is 6.92 Å². The van der Waals surface area contributed by atoms with Gasteiger partial charge in [-0.25, -0.2) is 19.2 Å². The number of urea groups is 1. The van der Waals surface area contributed by atoms with Crippen LogP contribution in [-0.4, -0.2) is 71.3 Å². The summed E-state index contributed by atoms with van der Waals surface area (Å²) >= 11 is 1.53. The Kier molecular flexibility index (Phi) is 7.46. The van der Waals surface area contributed by atoms with Crippen molar-refractivity contribution in [3.05, 3.63) is 53.3 Å². The molecule has 0 aliphatic carbocycles. The molecule has 4 heterocycles. The van der Waals surface area contributed by atoms with E-state index in [0.717, 1.165) is 71.7 Å². The number of aryl methyl sites for hydroxylation is 1. The molecule has 0 spiro atoms. The smallest absolute Gasteiger partial charge is 0.316 e. The number of carbonyl (C=O) groups is 1. The molecular formula is C27H33FN8OS. The minimum Gasteiger partial charge on any atom is -0.355 e. The maximum atomic E-state index is 13.4. The Morgan fingerprint density at radius 2 is 1.84 bits per heavy atom. The Labute approximate surface area is 225 Å². The van der Waals surface area contributed by atoms with Crippen LogP contribution in [-0.2, 0) is 6.42 Å². The number of amides is 2. The normalized spacial score (nSPS) is 14.2. The Balaban J connectivity index is 1.35. The van der Waals surface area contributed by atoms with Crippen molar-refractivity contribution < 1.29 is 9.18 Å². The maximum Gasteiger partial charge on any atom is 0.316 e. The summed E-state index contributed by atoms with van der Waals surface area (Å²) in [7, 11) is 5.49. The van der Waals surface area contributed by atoms with E-state index in [1.807, 2.05) is 34.0 Å². The molecule has 9 nitrogen and oxygen atoms in total. The van der Waals surface area contributed by atoms with E-state index in [2.05, 4.69) is 17.1 Å². The van der Waals surface area contributed by atoms with Gasteiger partial charge < -0.3 is 20.0 Å². The van der Waals surface area contributed by atoms with Crippen molar-refractivity contribution >= 4 is 39.8 Å². The van der Waals surface area contributed by atoms with Crippen molar-refractivity contribution in [1.82, 2.24) is 29.8 Å². The summed E-state index contributed by atoms with van der Waals surface area (Å²) in [4.78, 5) is 27.4. The van der Waals surface area contributed by atoms with Crippen molar-refractivity contribution in [1.29, 1.82) is 0 Å². The second-order valence-corrected chi connectivity index (χ2v) is 10.6. The first-order valence-corrected chi connectivity index (χ1v) is 13.8. The minimum absolute atomic E-state index is 0.0481. The second kappa shape index (κ2) is 10.9. The number of hydrogen-bond donors (Lipinski definition) is 1. The van der Waals surface area contributed by atoms with Crippen molar-refractivity contribution in [3.8, 4) is 11.3 Å². The highest BCUT2D eigenvalue weighted by Crippen LogP contribution is 2.34. The van der Waals surface area contributed by atoms with Crippen LogP contribution in [0.25, 0.3) is 16.9 Å². The Hall–Kier alpha value is -3.73. The highest BCUT2D eigenvalue weighted by atomic mass is 32.1. The first-order chi connectivity index (χ1) is 18.3. The number of halogens is 1. The number of imidazole rings is 1. The quantitative estimate of drug-likeness (QED) is 0.365. The first kappa shape index (κ1) is 25.9. The molecule has 0 saturated carbocycles. The second-order valence-electron chi connectivity index (χ2n) is 9.79. The lowest BCUT2D eigenvalue weighted by Gasteiger charge is -2.33. The van der Waals surface area contributed by atoms with Gasteiger partial charge >= 0.3 is 6.03 Å². The number of nitrogens with one attached hydrogen (secondary N) is 1. The zero-order valence-corrected chi connectivity index (χ0v) is 23.0. The number of anilines is 3. The largest absolute Gasteiger partial charge is 0.355 e. The summed E-state index contributed by atoms with van der Waals surface area (Å²) in [6.07, 6.45) is 2.75. The molecule has 1 fully saturated rings. The first-order valence-electron chi connectivity index (χ1n) is 12.9. The van der Waals surface area contributed by atoms with Crippen molar-refractivity contribution in [2.75, 3.05) is 50.6 Å². The van der Waals surface area contributed by atoms with Gasteiger partial charge in [0.25, 0.3) is 0 Å². The molecule has 38 heavy (non-hydrogen) atoms. The number of thiazole rings is 1. The fourth-order valence-corrected chi connectivity index (χ4v) is 5.52. The summed E-state index contributed by atoms with van der Waals surface area (Å²) in [5.41, 5.74) is 3.43. The molecule has 1 aliphatic rings. The maximum absolute atomic E-state index is 13.4. The predicted molar refractivity (Wildman–Crippen MR) is 150 cm³/mol. The van der Waals surface area contributed by atoms with Gasteiger partial charge in [-0.15, -0.1) is 16.4 Å². The fourth-order valence-electron chi connectivity index (χ4n) is 4.72. The summed E-state index contributed by atoms with van der Waals surface area (Å²) < 4.78 is 15.3. The number of rotatable bonds is 7. The fraction of sp³-hybridized carbons (Fsp3) is 0.407. The molecule has 1 aliphatic heterocycles. The molecule has 1 aromatic carbocycles. The zero-order valence-electron chi connectivity index (χ0n) is 22.2. The lowest BCUT2D eigenvalue weighted by atomic mass is 9.97. The molecule has 5 rings (SSSR count). The molecule has 0 bridgehead atoms. The lowest BCUT2D eigenvalue weighted by Crippen LogP contribution is -2.41. The number of hydrogen-bond acceptors (Lipinski definition) is 7.